The Bertz CT molecular complexity index is 1040. The van der Waals surface area contributed by atoms with Crippen LogP contribution in [0.5, 0.6) is 0 Å². The number of hydrogen-bond donors (Lipinski definition) is 1. The Morgan fingerprint density at radius 1 is 1.10 bits per heavy atom. The van der Waals surface area contributed by atoms with Gasteiger partial charge in [0.05, 0.1) is 4.90 Å². The second-order valence-corrected chi connectivity index (χ2v) is 12.4. The highest BCUT2D eigenvalue weighted by Crippen LogP contribution is 2.29. The van der Waals surface area contributed by atoms with E-state index in [2.05, 4.69) is 4.72 Å². The van der Waals surface area contributed by atoms with Gasteiger partial charge in [-0.25, -0.2) is 21.6 Å². The summed E-state index contributed by atoms with van der Waals surface area (Å²) in [5, 5.41) is 1.76. The van der Waals surface area contributed by atoms with E-state index < -0.39 is 20.0 Å². The van der Waals surface area contributed by atoms with Gasteiger partial charge in [0.2, 0.25) is 10.0 Å². The molecule has 0 bridgehead atoms. The quantitative estimate of drug-likeness (QED) is 0.690. The number of thiophene rings is 1. The molecule has 0 amide bonds. The Labute approximate surface area is 178 Å². The Balaban J connectivity index is 1.72. The maximum atomic E-state index is 13.0. The van der Waals surface area contributed by atoms with Gasteiger partial charge in [0, 0.05) is 19.1 Å². The van der Waals surface area contributed by atoms with E-state index in [0.717, 1.165) is 36.0 Å². The Hall–Kier alpha value is -1.26. The number of benzene rings is 1. The maximum absolute atomic E-state index is 13.0. The summed E-state index contributed by atoms with van der Waals surface area (Å²) in [6, 6.07) is 6.88. The minimum Gasteiger partial charge on any atom is -0.211 e. The second kappa shape index (κ2) is 8.85. The molecule has 0 spiro atoms. The molecule has 1 fully saturated rings. The number of rotatable bonds is 7. The second-order valence-electron chi connectivity index (χ2n) is 7.61. The van der Waals surface area contributed by atoms with Gasteiger partial charge in [0.25, 0.3) is 10.0 Å². The summed E-state index contributed by atoms with van der Waals surface area (Å²) < 4.78 is 56.2. The van der Waals surface area contributed by atoms with Crippen LogP contribution in [0.1, 0.15) is 42.4 Å². The van der Waals surface area contributed by atoms with E-state index in [9.17, 15) is 16.8 Å². The molecule has 0 radical (unpaired) electrons. The van der Waals surface area contributed by atoms with E-state index in [4.69, 9.17) is 0 Å². The van der Waals surface area contributed by atoms with E-state index in [1.807, 2.05) is 19.1 Å². The minimum atomic E-state index is -3.65. The van der Waals surface area contributed by atoms with Gasteiger partial charge in [0.1, 0.15) is 4.21 Å². The van der Waals surface area contributed by atoms with E-state index >= 15 is 0 Å². The topological polar surface area (TPSA) is 83.6 Å². The van der Waals surface area contributed by atoms with Crippen LogP contribution in [0.15, 0.2) is 38.8 Å². The highest BCUT2D eigenvalue weighted by Gasteiger charge is 2.34. The number of piperidine rings is 1. The lowest BCUT2D eigenvalue weighted by Gasteiger charge is -2.34. The molecule has 1 atom stereocenters. The van der Waals surface area contributed by atoms with Crippen molar-refractivity contribution in [3.05, 3.63) is 46.3 Å². The summed E-state index contributed by atoms with van der Waals surface area (Å²) in [4.78, 5) is 0.315. The average molecular weight is 457 g/mol. The molecule has 29 heavy (non-hydrogen) atoms. The first kappa shape index (κ1) is 22.4. The molecule has 9 heteroatoms. The molecule has 1 unspecified atom stereocenters. The molecule has 2 aromatic rings. The van der Waals surface area contributed by atoms with Crippen LogP contribution in [0.2, 0.25) is 0 Å². The van der Waals surface area contributed by atoms with Gasteiger partial charge < -0.3 is 0 Å². The van der Waals surface area contributed by atoms with Crippen molar-refractivity contribution >= 4 is 31.4 Å². The first-order valence-electron chi connectivity index (χ1n) is 9.76. The number of nitrogens with one attached hydrogen (secondary N) is 1. The lowest BCUT2D eigenvalue weighted by Crippen LogP contribution is -2.45. The third-order valence-electron chi connectivity index (χ3n) is 5.27. The van der Waals surface area contributed by atoms with Crippen LogP contribution in [-0.4, -0.2) is 40.3 Å². The van der Waals surface area contributed by atoms with Gasteiger partial charge >= 0.3 is 0 Å². The highest BCUT2D eigenvalue weighted by atomic mass is 32.2. The fraction of sp³-hybridized carbons (Fsp3) is 0.500. The predicted molar refractivity (Wildman–Crippen MR) is 116 cm³/mol. The lowest BCUT2D eigenvalue weighted by atomic mass is 10.0. The van der Waals surface area contributed by atoms with Crippen LogP contribution in [0.25, 0.3) is 0 Å². The third-order valence-corrected chi connectivity index (χ3v) is 10.4. The zero-order valence-corrected chi connectivity index (χ0v) is 19.5. The van der Waals surface area contributed by atoms with Gasteiger partial charge in [-0.1, -0.05) is 30.2 Å². The molecule has 1 aromatic heterocycles. The maximum Gasteiger partial charge on any atom is 0.252 e. The number of aryl methyl sites for hydroxylation is 3. The molecule has 0 aliphatic carbocycles. The first-order chi connectivity index (χ1) is 13.6. The van der Waals surface area contributed by atoms with Gasteiger partial charge in [-0.3, -0.25) is 0 Å². The fourth-order valence-electron chi connectivity index (χ4n) is 4.13. The molecule has 1 N–H and O–H groups in total. The Morgan fingerprint density at radius 3 is 2.41 bits per heavy atom. The average Bonchev–Trinajstić information content (AvgIpc) is 3.16. The molecule has 3 rings (SSSR count). The van der Waals surface area contributed by atoms with E-state index in [0.29, 0.717) is 22.1 Å². The molecule has 0 saturated carbocycles. The molecule has 160 valence electrons. The normalized spacial score (nSPS) is 18.8. The Morgan fingerprint density at radius 2 is 1.79 bits per heavy atom. The molecule has 1 saturated heterocycles. The van der Waals surface area contributed by atoms with Crippen LogP contribution < -0.4 is 4.72 Å². The van der Waals surface area contributed by atoms with Gasteiger partial charge in [-0.05, 0) is 62.6 Å². The Kier molecular flexibility index (Phi) is 6.84. The SMILES string of the molecule is Cc1cc(C)c(S(=O)(=O)NCCC2CCCCN2S(=O)(=O)c2cccs2)c(C)c1. The van der Waals surface area contributed by atoms with E-state index in [1.54, 1.807) is 35.7 Å². The zero-order valence-electron chi connectivity index (χ0n) is 17.0. The highest BCUT2D eigenvalue weighted by molar-refractivity contribution is 7.91. The smallest absolute Gasteiger partial charge is 0.211 e. The summed E-state index contributed by atoms with van der Waals surface area (Å²) in [6.07, 6.45) is 2.97. The number of sulfonamides is 2. The predicted octanol–water partition coefficient (Wildman–Crippen LogP) is 3.59. The zero-order chi connectivity index (χ0) is 21.2. The minimum absolute atomic E-state index is 0.196. The summed E-state index contributed by atoms with van der Waals surface area (Å²) in [6.45, 7) is 6.22. The van der Waals surface area contributed by atoms with Crippen LogP contribution in [0.3, 0.4) is 0 Å². The van der Waals surface area contributed by atoms with Crippen molar-refractivity contribution in [1.29, 1.82) is 0 Å². The van der Waals surface area contributed by atoms with Crippen molar-refractivity contribution in [3.8, 4) is 0 Å². The van der Waals surface area contributed by atoms with Crippen LogP contribution >= 0.6 is 11.3 Å². The van der Waals surface area contributed by atoms with Gasteiger partial charge in [-0.2, -0.15) is 4.31 Å². The van der Waals surface area contributed by atoms with E-state index in [-0.39, 0.29) is 12.6 Å². The van der Waals surface area contributed by atoms with Crippen LogP contribution in [0.4, 0.5) is 0 Å². The van der Waals surface area contributed by atoms with Crippen molar-refractivity contribution in [3.63, 3.8) is 0 Å². The van der Waals surface area contributed by atoms with Crippen molar-refractivity contribution in [2.24, 2.45) is 0 Å². The van der Waals surface area contributed by atoms with Crippen LogP contribution in [0, 0.1) is 20.8 Å². The van der Waals surface area contributed by atoms with Crippen molar-refractivity contribution in [2.45, 2.75) is 61.6 Å². The molecule has 1 aromatic carbocycles. The van der Waals surface area contributed by atoms with Crippen molar-refractivity contribution in [2.75, 3.05) is 13.1 Å². The largest absolute Gasteiger partial charge is 0.252 e. The molecule has 1 aliphatic heterocycles. The fourth-order valence-corrected chi connectivity index (χ4v) is 8.47. The van der Waals surface area contributed by atoms with Crippen molar-refractivity contribution < 1.29 is 16.8 Å². The van der Waals surface area contributed by atoms with E-state index in [1.165, 1.54) is 11.3 Å². The third kappa shape index (κ3) is 4.91. The monoisotopic (exact) mass is 456 g/mol. The summed E-state index contributed by atoms with van der Waals surface area (Å²) in [7, 11) is -7.18. The van der Waals surface area contributed by atoms with Crippen LogP contribution in [-0.2, 0) is 20.0 Å². The van der Waals surface area contributed by atoms with Crippen molar-refractivity contribution in [1.82, 2.24) is 9.03 Å². The summed E-state index contributed by atoms with van der Waals surface area (Å²) in [5.41, 5.74) is 2.46. The van der Waals surface area contributed by atoms with Gasteiger partial charge in [0.15, 0.2) is 0 Å². The number of nitrogens with zero attached hydrogens (tertiary/aromatic N) is 1. The summed E-state index contributed by atoms with van der Waals surface area (Å²) in [5.74, 6) is 0. The number of hydrogen-bond acceptors (Lipinski definition) is 5. The lowest BCUT2D eigenvalue weighted by molar-refractivity contribution is 0.242. The molecule has 6 nitrogen and oxygen atoms in total. The standard InChI is InChI=1S/C20H28N2O4S3/c1-15-13-16(2)20(17(3)14-15)28(23,24)21-10-9-18-7-4-5-11-22(18)29(25,26)19-8-6-12-27-19/h6,8,12-14,18,21H,4-5,7,9-11H2,1-3H3. The molecule has 1 aliphatic rings. The molecule has 2 heterocycles. The first-order valence-corrected chi connectivity index (χ1v) is 13.6. The molecular weight excluding hydrogens is 428 g/mol. The summed E-state index contributed by atoms with van der Waals surface area (Å²) >= 11 is 1.21. The molecular formula is C20H28N2O4S3. The van der Waals surface area contributed by atoms with Gasteiger partial charge in [-0.15, -0.1) is 11.3 Å².